The number of aliphatic imine (C=N–C) groups is 1. The van der Waals surface area contributed by atoms with E-state index in [0.29, 0.717) is 12.4 Å². The molecular formula is C19H17ClFN3O. The van der Waals surface area contributed by atoms with Crippen molar-refractivity contribution in [2.45, 2.75) is 19.1 Å². The Balaban J connectivity index is 1.75. The first-order valence-electron chi connectivity index (χ1n) is 7.87. The van der Waals surface area contributed by atoms with Crippen LogP contribution in [0.3, 0.4) is 0 Å². The summed E-state index contributed by atoms with van der Waals surface area (Å²) in [4.78, 5) is 4.25. The zero-order chi connectivity index (χ0) is 17.8. The Labute approximate surface area is 150 Å². The Morgan fingerprint density at radius 2 is 2.04 bits per heavy atom. The smallest absolute Gasteiger partial charge is 0.135 e. The van der Waals surface area contributed by atoms with Crippen LogP contribution in [-0.4, -0.2) is 24.7 Å². The molecule has 0 amide bonds. The van der Waals surface area contributed by atoms with E-state index in [1.165, 1.54) is 6.07 Å². The second-order valence-electron chi connectivity index (χ2n) is 5.41. The molecule has 0 spiro atoms. The largest absolute Gasteiger partial charge is 0.494 e. The summed E-state index contributed by atoms with van der Waals surface area (Å²) in [5, 5.41) is 3.32. The highest BCUT2D eigenvalue weighted by molar-refractivity contribution is 6.34. The molecule has 0 aliphatic carbocycles. The van der Waals surface area contributed by atoms with Gasteiger partial charge in [0.2, 0.25) is 0 Å². The third-order valence-corrected chi connectivity index (χ3v) is 3.96. The first-order valence-corrected chi connectivity index (χ1v) is 8.25. The zero-order valence-corrected chi connectivity index (χ0v) is 14.3. The van der Waals surface area contributed by atoms with Gasteiger partial charge in [-0.05, 0) is 43.3 Å². The SMILES string of the molecule is CCOc1ccc(C#CC2NC(c3c(F)cccc3Cl)=NC2N)cc1. The van der Waals surface area contributed by atoms with E-state index >= 15 is 0 Å². The summed E-state index contributed by atoms with van der Waals surface area (Å²) >= 11 is 6.07. The lowest BCUT2D eigenvalue weighted by atomic mass is 10.1. The fourth-order valence-corrected chi connectivity index (χ4v) is 2.69. The summed E-state index contributed by atoms with van der Waals surface area (Å²) in [5.74, 6) is 6.73. The highest BCUT2D eigenvalue weighted by Gasteiger charge is 2.27. The van der Waals surface area contributed by atoms with Gasteiger partial charge in [0.1, 0.15) is 29.6 Å². The minimum atomic E-state index is -0.596. The Bertz CT molecular complexity index is 835. The van der Waals surface area contributed by atoms with Gasteiger partial charge in [0.15, 0.2) is 0 Å². The molecule has 2 aromatic carbocycles. The molecule has 1 aliphatic rings. The molecule has 25 heavy (non-hydrogen) atoms. The normalized spacial score (nSPS) is 18.8. The number of benzene rings is 2. The summed E-state index contributed by atoms with van der Waals surface area (Å²) < 4.78 is 19.4. The van der Waals surface area contributed by atoms with Crippen molar-refractivity contribution < 1.29 is 9.13 Å². The van der Waals surface area contributed by atoms with Crippen molar-refractivity contribution in [1.29, 1.82) is 0 Å². The lowest BCUT2D eigenvalue weighted by Gasteiger charge is -2.09. The predicted octanol–water partition coefficient (Wildman–Crippen LogP) is 2.93. The van der Waals surface area contributed by atoms with Crippen LogP contribution in [0.25, 0.3) is 0 Å². The van der Waals surface area contributed by atoms with Crippen LogP contribution in [0, 0.1) is 17.7 Å². The average Bonchev–Trinajstić information content (AvgIpc) is 2.95. The van der Waals surface area contributed by atoms with Crippen molar-refractivity contribution in [1.82, 2.24) is 5.32 Å². The Hall–Kier alpha value is -2.55. The van der Waals surface area contributed by atoms with Crippen LogP contribution in [0.1, 0.15) is 18.1 Å². The zero-order valence-electron chi connectivity index (χ0n) is 13.6. The summed E-state index contributed by atoms with van der Waals surface area (Å²) in [5.41, 5.74) is 7.04. The highest BCUT2D eigenvalue weighted by atomic mass is 35.5. The van der Waals surface area contributed by atoms with Crippen LogP contribution in [-0.2, 0) is 0 Å². The average molecular weight is 358 g/mol. The quantitative estimate of drug-likeness (QED) is 0.830. The van der Waals surface area contributed by atoms with Crippen molar-refractivity contribution in [3.63, 3.8) is 0 Å². The lowest BCUT2D eigenvalue weighted by molar-refractivity contribution is 0.340. The number of hydrogen-bond donors (Lipinski definition) is 2. The van der Waals surface area contributed by atoms with Gasteiger partial charge >= 0.3 is 0 Å². The Kier molecular flexibility index (Phi) is 5.22. The third kappa shape index (κ3) is 3.93. The fraction of sp³-hybridized carbons (Fsp3) is 0.211. The van der Waals surface area contributed by atoms with Gasteiger partial charge in [-0.3, -0.25) is 0 Å². The molecule has 0 saturated carbocycles. The molecule has 1 aliphatic heterocycles. The van der Waals surface area contributed by atoms with E-state index in [4.69, 9.17) is 22.1 Å². The van der Waals surface area contributed by atoms with E-state index in [-0.39, 0.29) is 10.6 Å². The van der Waals surface area contributed by atoms with Crippen molar-refractivity contribution in [3.05, 3.63) is 64.4 Å². The van der Waals surface area contributed by atoms with Crippen LogP contribution < -0.4 is 15.8 Å². The minimum absolute atomic E-state index is 0.213. The maximum atomic E-state index is 14.0. The number of nitrogens with one attached hydrogen (secondary N) is 1. The van der Waals surface area contributed by atoms with E-state index in [1.807, 2.05) is 31.2 Å². The molecule has 128 valence electrons. The van der Waals surface area contributed by atoms with Gasteiger partial charge in [-0.2, -0.15) is 0 Å². The van der Waals surface area contributed by atoms with Crippen molar-refractivity contribution >= 4 is 17.4 Å². The van der Waals surface area contributed by atoms with E-state index < -0.39 is 18.0 Å². The van der Waals surface area contributed by atoms with Crippen LogP contribution in [0.5, 0.6) is 5.75 Å². The molecule has 6 heteroatoms. The van der Waals surface area contributed by atoms with Crippen molar-refractivity contribution in [3.8, 4) is 17.6 Å². The van der Waals surface area contributed by atoms with Gasteiger partial charge in [-0.1, -0.05) is 29.5 Å². The topological polar surface area (TPSA) is 59.6 Å². The molecule has 0 aromatic heterocycles. The summed E-state index contributed by atoms with van der Waals surface area (Å²) in [6.45, 7) is 2.55. The number of amidine groups is 1. The monoisotopic (exact) mass is 357 g/mol. The highest BCUT2D eigenvalue weighted by Crippen LogP contribution is 2.21. The summed E-state index contributed by atoms with van der Waals surface area (Å²) in [6.07, 6.45) is -0.596. The molecule has 4 nitrogen and oxygen atoms in total. The molecule has 0 bridgehead atoms. The number of halogens is 2. The molecule has 2 atom stereocenters. The number of rotatable bonds is 3. The molecule has 0 radical (unpaired) electrons. The van der Waals surface area contributed by atoms with Gasteiger partial charge in [-0.25, -0.2) is 9.38 Å². The number of nitrogens with zero attached hydrogens (tertiary/aromatic N) is 1. The van der Waals surface area contributed by atoms with E-state index in [2.05, 4.69) is 22.2 Å². The van der Waals surface area contributed by atoms with Crippen molar-refractivity contribution in [2.24, 2.45) is 10.7 Å². The molecule has 2 unspecified atom stereocenters. The Morgan fingerprint density at radius 1 is 1.28 bits per heavy atom. The van der Waals surface area contributed by atoms with E-state index in [0.717, 1.165) is 11.3 Å². The lowest BCUT2D eigenvalue weighted by Crippen LogP contribution is -2.38. The summed E-state index contributed by atoms with van der Waals surface area (Å²) in [6, 6.07) is 11.5. The molecular weight excluding hydrogens is 341 g/mol. The van der Waals surface area contributed by atoms with E-state index in [1.54, 1.807) is 12.1 Å². The molecule has 3 N–H and O–H groups in total. The van der Waals surface area contributed by atoms with E-state index in [9.17, 15) is 4.39 Å². The van der Waals surface area contributed by atoms with Gasteiger partial charge in [0.25, 0.3) is 0 Å². The standard InChI is InChI=1S/C19H17ClFN3O/c1-2-25-13-9-6-12(7-10-13)8-11-16-18(22)24-19(23-16)17-14(20)4-3-5-15(17)21/h3-7,9-10,16,18H,2,22H2,1H3,(H,23,24). The number of nitrogens with two attached hydrogens (primary N) is 1. The Morgan fingerprint density at radius 3 is 2.72 bits per heavy atom. The predicted molar refractivity (Wildman–Crippen MR) is 97.3 cm³/mol. The third-order valence-electron chi connectivity index (χ3n) is 3.65. The molecule has 2 aromatic rings. The minimum Gasteiger partial charge on any atom is -0.494 e. The van der Waals surface area contributed by atoms with Gasteiger partial charge in [0, 0.05) is 5.56 Å². The van der Waals surface area contributed by atoms with Crippen LogP contribution in [0.4, 0.5) is 4.39 Å². The van der Waals surface area contributed by atoms with Gasteiger partial charge in [0.05, 0.1) is 17.2 Å². The number of ether oxygens (including phenoxy) is 1. The van der Waals surface area contributed by atoms with Gasteiger partial charge < -0.3 is 15.8 Å². The van der Waals surface area contributed by atoms with Gasteiger partial charge in [-0.15, -0.1) is 0 Å². The first kappa shape index (κ1) is 17.3. The fourth-order valence-electron chi connectivity index (χ4n) is 2.44. The second-order valence-corrected chi connectivity index (χ2v) is 5.82. The summed E-state index contributed by atoms with van der Waals surface area (Å²) in [7, 11) is 0. The first-order chi connectivity index (χ1) is 12.1. The second kappa shape index (κ2) is 7.56. The number of hydrogen-bond acceptors (Lipinski definition) is 4. The van der Waals surface area contributed by atoms with Crippen LogP contribution in [0.15, 0.2) is 47.5 Å². The van der Waals surface area contributed by atoms with Crippen LogP contribution >= 0.6 is 11.6 Å². The molecule has 1 heterocycles. The molecule has 0 fully saturated rings. The maximum absolute atomic E-state index is 14.0. The van der Waals surface area contributed by atoms with Crippen molar-refractivity contribution in [2.75, 3.05) is 6.61 Å². The molecule has 0 saturated heterocycles. The van der Waals surface area contributed by atoms with Crippen LogP contribution in [0.2, 0.25) is 5.02 Å². The molecule has 3 rings (SSSR count). The maximum Gasteiger partial charge on any atom is 0.135 e.